The normalized spacial score (nSPS) is 12.2. The van der Waals surface area contributed by atoms with Gasteiger partial charge in [0, 0.05) is 10.6 Å². The smallest absolute Gasteiger partial charge is 0.273 e. The summed E-state index contributed by atoms with van der Waals surface area (Å²) in [7, 11) is 0. The van der Waals surface area contributed by atoms with Crippen molar-refractivity contribution in [3.8, 4) is 0 Å². The Morgan fingerprint density at radius 2 is 2.12 bits per heavy atom. The van der Waals surface area contributed by atoms with E-state index in [-0.39, 0.29) is 23.2 Å². The molecule has 1 unspecified atom stereocenters. The molecule has 1 heterocycles. The first-order valence-corrected chi connectivity index (χ1v) is 7.60. The van der Waals surface area contributed by atoms with Crippen LogP contribution in [0.15, 0.2) is 24.4 Å². The molecule has 24 heavy (non-hydrogen) atoms. The molecule has 0 aliphatic rings. The molecule has 0 spiro atoms. The fraction of sp³-hybridized carbons (Fsp3) is 0.333. The molecule has 128 valence electrons. The van der Waals surface area contributed by atoms with Crippen molar-refractivity contribution in [3.63, 3.8) is 0 Å². The third-order valence-corrected chi connectivity index (χ3v) is 3.58. The Morgan fingerprint density at radius 1 is 1.42 bits per heavy atom. The van der Waals surface area contributed by atoms with Gasteiger partial charge in [-0.15, -0.1) is 5.10 Å². The SMILES string of the molecule is CC(C)C(NC(=O)c1cn(CC(N)=O)nn1)c1ccc(Cl)cc1F. The van der Waals surface area contributed by atoms with Gasteiger partial charge < -0.3 is 11.1 Å². The minimum atomic E-state index is -0.602. The summed E-state index contributed by atoms with van der Waals surface area (Å²) in [6.45, 7) is 3.52. The number of nitrogens with one attached hydrogen (secondary N) is 1. The molecule has 0 saturated carbocycles. The van der Waals surface area contributed by atoms with Gasteiger partial charge in [0.2, 0.25) is 5.91 Å². The van der Waals surface area contributed by atoms with Crippen LogP contribution in [0, 0.1) is 11.7 Å². The number of benzene rings is 1. The summed E-state index contributed by atoms with van der Waals surface area (Å²) in [6.07, 6.45) is 1.30. The lowest BCUT2D eigenvalue weighted by atomic mass is 9.95. The molecule has 0 aliphatic carbocycles. The molecule has 2 aromatic rings. The highest BCUT2D eigenvalue weighted by Crippen LogP contribution is 2.26. The van der Waals surface area contributed by atoms with Crippen molar-refractivity contribution >= 4 is 23.4 Å². The van der Waals surface area contributed by atoms with E-state index in [1.165, 1.54) is 18.3 Å². The first kappa shape index (κ1) is 17.9. The van der Waals surface area contributed by atoms with Crippen LogP contribution in [-0.4, -0.2) is 26.8 Å². The van der Waals surface area contributed by atoms with Gasteiger partial charge in [-0.05, 0) is 18.1 Å². The van der Waals surface area contributed by atoms with E-state index in [4.69, 9.17) is 17.3 Å². The number of hydrogen-bond donors (Lipinski definition) is 2. The highest BCUT2D eigenvalue weighted by atomic mass is 35.5. The second-order valence-electron chi connectivity index (χ2n) is 5.63. The number of aromatic nitrogens is 3. The number of carbonyl (C=O) groups excluding carboxylic acids is 2. The third kappa shape index (κ3) is 4.29. The first-order chi connectivity index (χ1) is 11.3. The topological polar surface area (TPSA) is 103 Å². The van der Waals surface area contributed by atoms with Gasteiger partial charge in [-0.3, -0.25) is 9.59 Å². The molecule has 0 radical (unpaired) electrons. The highest BCUT2D eigenvalue weighted by molar-refractivity contribution is 6.30. The summed E-state index contributed by atoms with van der Waals surface area (Å²) in [5.41, 5.74) is 5.39. The predicted octanol–water partition coefficient (Wildman–Crippen LogP) is 1.68. The van der Waals surface area contributed by atoms with E-state index in [1.54, 1.807) is 6.07 Å². The zero-order chi connectivity index (χ0) is 17.9. The zero-order valence-electron chi connectivity index (χ0n) is 13.2. The molecule has 0 fully saturated rings. The molecule has 1 aromatic carbocycles. The summed E-state index contributed by atoms with van der Waals surface area (Å²) >= 11 is 5.76. The molecule has 9 heteroatoms. The van der Waals surface area contributed by atoms with E-state index in [1.807, 2.05) is 13.8 Å². The van der Waals surface area contributed by atoms with Gasteiger partial charge >= 0.3 is 0 Å². The summed E-state index contributed by atoms with van der Waals surface area (Å²) in [5.74, 6) is -1.71. The number of halogens is 2. The molecule has 7 nitrogen and oxygen atoms in total. The molecule has 0 aliphatic heterocycles. The van der Waals surface area contributed by atoms with E-state index in [0.717, 1.165) is 4.68 Å². The number of primary amides is 1. The summed E-state index contributed by atoms with van der Waals surface area (Å²) < 4.78 is 15.3. The Balaban J connectivity index is 2.19. The average Bonchev–Trinajstić information content (AvgIpc) is 2.92. The van der Waals surface area contributed by atoms with Crippen molar-refractivity contribution in [1.29, 1.82) is 0 Å². The lowest BCUT2D eigenvalue weighted by Gasteiger charge is -2.23. The number of carbonyl (C=O) groups is 2. The van der Waals surface area contributed by atoms with E-state index >= 15 is 0 Å². The molecule has 1 atom stereocenters. The number of amides is 2. The number of hydrogen-bond acceptors (Lipinski definition) is 4. The van der Waals surface area contributed by atoms with Crippen LogP contribution in [0.25, 0.3) is 0 Å². The summed E-state index contributed by atoms with van der Waals surface area (Å²) in [4.78, 5) is 23.2. The third-order valence-electron chi connectivity index (χ3n) is 3.34. The fourth-order valence-electron chi connectivity index (χ4n) is 2.21. The largest absolute Gasteiger partial charge is 0.368 e. The average molecular weight is 354 g/mol. The van der Waals surface area contributed by atoms with Gasteiger partial charge in [0.25, 0.3) is 5.91 Å². The van der Waals surface area contributed by atoms with Crippen LogP contribution >= 0.6 is 11.6 Å². The van der Waals surface area contributed by atoms with Gasteiger partial charge in [0.1, 0.15) is 12.4 Å². The quantitative estimate of drug-likeness (QED) is 0.824. The second-order valence-corrected chi connectivity index (χ2v) is 6.07. The van der Waals surface area contributed by atoms with Gasteiger partial charge in [0.05, 0.1) is 12.2 Å². The fourth-order valence-corrected chi connectivity index (χ4v) is 2.37. The van der Waals surface area contributed by atoms with Crippen LogP contribution < -0.4 is 11.1 Å². The first-order valence-electron chi connectivity index (χ1n) is 7.22. The van der Waals surface area contributed by atoms with Crippen LogP contribution in [0.5, 0.6) is 0 Å². The van der Waals surface area contributed by atoms with E-state index in [0.29, 0.717) is 5.56 Å². The van der Waals surface area contributed by atoms with Crippen molar-refractivity contribution in [2.45, 2.75) is 26.4 Å². The standard InChI is InChI=1S/C15H17ClFN5O2/c1-8(2)14(10-4-3-9(16)5-11(10)17)19-15(24)12-6-22(21-20-12)7-13(18)23/h3-6,8,14H,7H2,1-2H3,(H2,18,23)(H,19,24). The van der Waals surface area contributed by atoms with Crippen molar-refractivity contribution < 1.29 is 14.0 Å². The maximum absolute atomic E-state index is 14.1. The maximum Gasteiger partial charge on any atom is 0.273 e. The van der Waals surface area contributed by atoms with Gasteiger partial charge in [-0.1, -0.05) is 36.7 Å². The molecule has 3 N–H and O–H groups in total. The van der Waals surface area contributed by atoms with Crippen molar-refractivity contribution in [3.05, 3.63) is 46.5 Å². The molecular weight excluding hydrogens is 337 g/mol. The molecule has 0 saturated heterocycles. The summed E-state index contributed by atoms with van der Waals surface area (Å²) in [5, 5.41) is 10.3. The second kappa shape index (κ2) is 7.39. The van der Waals surface area contributed by atoms with Crippen molar-refractivity contribution in [2.24, 2.45) is 11.7 Å². The van der Waals surface area contributed by atoms with Crippen LogP contribution in [-0.2, 0) is 11.3 Å². The van der Waals surface area contributed by atoms with Gasteiger partial charge in [-0.25, -0.2) is 9.07 Å². The monoisotopic (exact) mass is 353 g/mol. The van der Waals surface area contributed by atoms with Crippen LogP contribution in [0.2, 0.25) is 5.02 Å². The van der Waals surface area contributed by atoms with E-state index < -0.39 is 23.7 Å². The Kier molecular flexibility index (Phi) is 5.50. The minimum absolute atomic E-state index is 0.0104. The van der Waals surface area contributed by atoms with Gasteiger partial charge in [0.15, 0.2) is 5.69 Å². The Hall–Kier alpha value is -2.48. The molecule has 1 aromatic heterocycles. The Bertz CT molecular complexity index is 762. The minimum Gasteiger partial charge on any atom is -0.368 e. The lowest BCUT2D eigenvalue weighted by Crippen LogP contribution is -2.32. The van der Waals surface area contributed by atoms with Crippen molar-refractivity contribution in [1.82, 2.24) is 20.3 Å². The molecule has 2 rings (SSSR count). The summed E-state index contributed by atoms with van der Waals surface area (Å²) in [6, 6.07) is 3.72. The molecule has 2 amide bonds. The molecular formula is C15H17ClFN5O2. The van der Waals surface area contributed by atoms with Crippen LogP contribution in [0.1, 0.15) is 35.9 Å². The van der Waals surface area contributed by atoms with Gasteiger partial charge in [-0.2, -0.15) is 0 Å². The van der Waals surface area contributed by atoms with E-state index in [9.17, 15) is 14.0 Å². The highest BCUT2D eigenvalue weighted by Gasteiger charge is 2.23. The lowest BCUT2D eigenvalue weighted by molar-refractivity contribution is -0.118. The van der Waals surface area contributed by atoms with E-state index in [2.05, 4.69) is 15.6 Å². The number of nitrogens with zero attached hydrogens (tertiary/aromatic N) is 3. The van der Waals surface area contributed by atoms with Crippen LogP contribution in [0.4, 0.5) is 4.39 Å². The van der Waals surface area contributed by atoms with Crippen LogP contribution in [0.3, 0.4) is 0 Å². The zero-order valence-corrected chi connectivity index (χ0v) is 13.9. The maximum atomic E-state index is 14.1. The Morgan fingerprint density at radius 3 is 2.71 bits per heavy atom. The number of rotatable bonds is 6. The molecule has 0 bridgehead atoms. The predicted molar refractivity (Wildman–Crippen MR) is 85.7 cm³/mol. The number of nitrogens with two attached hydrogens (primary N) is 1. The van der Waals surface area contributed by atoms with Crippen molar-refractivity contribution in [2.75, 3.05) is 0 Å². The Labute approximate surface area is 143 Å².